The number of nitrogen functional groups attached to an aromatic ring is 1. The van der Waals surface area contributed by atoms with E-state index in [2.05, 4.69) is 22.2 Å². The van der Waals surface area contributed by atoms with Crippen molar-refractivity contribution >= 4 is 11.6 Å². The van der Waals surface area contributed by atoms with Crippen LogP contribution in [-0.4, -0.2) is 23.1 Å². The molecule has 14 heavy (non-hydrogen) atoms. The molecule has 5 nitrogen and oxygen atoms in total. The highest BCUT2D eigenvalue weighted by Gasteiger charge is 2.33. The van der Waals surface area contributed by atoms with Crippen LogP contribution < -0.4 is 15.8 Å². The summed E-state index contributed by atoms with van der Waals surface area (Å²) < 4.78 is 5.13. The van der Waals surface area contributed by atoms with Crippen LogP contribution in [0.2, 0.25) is 0 Å². The number of rotatable bonds is 3. The lowest BCUT2D eigenvalue weighted by atomic mass is 10.4. The third-order valence-corrected chi connectivity index (χ3v) is 2.47. The largest absolute Gasteiger partial charge is 0.490 e. The lowest BCUT2D eigenvalue weighted by Crippen LogP contribution is -2.09. The third-order valence-electron chi connectivity index (χ3n) is 2.47. The highest BCUT2D eigenvalue weighted by atomic mass is 16.5. The van der Waals surface area contributed by atoms with Crippen molar-refractivity contribution < 1.29 is 4.74 Å². The van der Waals surface area contributed by atoms with Crippen molar-refractivity contribution in [3.05, 3.63) is 6.33 Å². The van der Waals surface area contributed by atoms with Gasteiger partial charge in [0.05, 0.1) is 7.11 Å². The van der Waals surface area contributed by atoms with Crippen LogP contribution in [-0.2, 0) is 0 Å². The molecule has 1 aliphatic rings. The molecule has 2 atom stereocenters. The molecule has 2 rings (SSSR count). The molecule has 1 heterocycles. The van der Waals surface area contributed by atoms with Crippen LogP contribution in [0.25, 0.3) is 0 Å². The fourth-order valence-corrected chi connectivity index (χ4v) is 1.39. The van der Waals surface area contributed by atoms with E-state index in [0.717, 1.165) is 0 Å². The summed E-state index contributed by atoms with van der Waals surface area (Å²) >= 11 is 0. The molecule has 0 amide bonds. The number of nitrogens with one attached hydrogen (secondary N) is 1. The Morgan fingerprint density at radius 1 is 1.57 bits per heavy atom. The SMILES string of the molecule is COc1c(N)ncnc1NC1CC1C. The van der Waals surface area contributed by atoms with E-state index in [-0.39, 0.29) is 0 Å². The van der Waals surface area contributed by atoms with Gasteiger partial charge in [-0.2, -0.15) is 0 Å². The maximum Gasteiger partial charge on any atom is 0.203 e. The van der Waals surface area contributed by atoms with E-state index in [1.807, 2.05) is 0 Å². The third kappa shape index (κ3) is 1.57. The summed E-state index contributed by atoms with van der Waals surface area (Å²) in [5.74, 6) is 2.30. The van der Waals surface area contributed by atoms with Crippen molar-refractivity contribution in [1.82, 2.24) is 9.97 Å². The average molecular weight is 194 g/mol. The maximum absolute atomic E-state index is 5.65. The number of nitrogens with zero attached hydrogens (tertiary/aromatic N) is 2. The highest BCUT2D eigenvalue weighted by molar-refractivity contribution is 5.62. The topological polar surface area (TPSA) is 73.1 Å². The van der Waals surface area contributed by atoms with Gasteiger partial charge in [0.25, 0.3) is 0 Å². The first-order valence-electron chi connectivity index (χ1n) is 4.63. The van der Waals surface area contributed by atoms with Crippen molar-refractivity contribution in [2.45, 2.75) is 19.4 Å². The zero-order valence-corrected chi connectivity index (χ0v) is 8.32. The Labute approximate surface area is 82.7 Å². The van der Waals surface area contributed by atoms with Gasteiger partial charge in [-0.25, -0.2) is 9.97 Å². The number of hydrogen-bond donors (Lipinski definition) is 2. The quantitative estimate of drug-likeness (QED) is 0.747. The smallest absolute Gasteiger partial charge is 0.203 e. The molecule has 0 aromatic carbocycles. The molecule has 1 aromatic heterocycles. The summed E-state index contributed by atoms with van der Waals surface area (Å²) in [6.45, 7) is 2.19. The predicted octanol–water partition coefficient (Wildman–Crippen LogP) is 0.888. The Morgan fingerprint density at radius 3 is 2.86 bits per heavy atom. The zero-order chi connectivity index (χ0) is 10.1. The van der Waals surface area contributed by atoms with Crippen LogP contribution in [0.4, 0.5) is 11.6 Å². The van der Waals surface area contributed by atoms with Gasteiger partial charge in [-0.1, -0.05) is 6.92 Å². The van der Waals surface area contributed by atoms with E-state index >= 15 is 0 Å². The number of ether oxygens (including phenoxy) is 1. The monoisotopic (exact) mass is 194 g/mol. The van der Waals surface area contributed by atoms with Gasteiger partial charge in [0, 0.05) is 6.04 Å². The summed E-state index contributed by atoms with van der Waals surface area (Å²) in [5, 5.41) is 3.27. The summed E-state index contributed by atoms with van der Waals surface area (Å²) in [5.41, 5.74) is 5.65. The predicted molar refractivity (Wildman–Crippen MR) is 54.2 cm³/mol. The molecular weight excluding hydrogens is 180 g/mol. The van der Waals surface area contributed by atoms with Gasteiger partial charge < -0.3 is 15.8 Å². The summed E-state index contributed by atoms with van der Waals surface area (Å²) in [4.78, 5) is 7.96. The van der Waals surface area contributed by atoms with Crippen LogP contribution in [0.5, 0.6) is 5.75 Å². The molecule has 0 bridgehead atoms. The first kappa shape index (κ1) is 9.05. The Kier molecular flexibility index (Phi) is 2.15. The van der Waals surface area contributed by atoms with E-state index < -0.39 is 0 Å². The lowest BCUT2D eigenvalue weighted by molar-refractivity contribution is 0.415. The number of aromatic nitrogens is 2. The van der Waals surface area contributed by atoms with Crippen molar-refractivity contribution in [3.63, 3.8) is 0 Å². The number of methoxy groups -OCH3 is 1. The first-order chi connectivity index (χ1) is 6.72. The van der Waals surface area contributed by atoms with Gasteiger partial charge in [-0.3, -0.25) is 0 Å². The highest BCUT2D eigenvalue weighted by Crippen LogP contribution is 2.35. The first-order valence-corrected chi connectivity index (χ1v) is 4.63. The molecule has 76 valence electrons. The lowest BCUT2D eigenvalue weighted by Gasteiger charge is -2.10. The fourth-order valence-electron chi connectivity index (χ4n) is 1.39. The van der Waals surface area contributed by atoms with Gasteiger partial charge in [0.1, 0.15) is 6.33 Å². The molecule has 1 fully saturated rings. The van der Waals surface area contributed by atoms with Crippen LogP contribution in [0, 0.1) is 5.92 Å². The Balaban J connectivity index is 2.19. The number of hydrogen-bond acceptors (Lipinski definition) is 5. The van der Waals surface area contributed by atoms with E-state index in [9.17, 15) is 0 Å². The van der Waals surface area contributed by atoms with Gasteiger partial charge >= 0.3 is 0 Å². The van der Waals surface area contributed by atoms with E-state index in [4.69, 9.17) is 10.5 Å². The van der Waals surface area contributed by atoms with Crippen molar-refractivity contribution in [2.24, 2.45) is 5.92 Å². The molecule has 0 aliphatic heterocycles. The molecule has 1 aromatic rings. The molecule has 2 unspecified atom stereocenters. The second kappa shape index (κ2) is 3.32. The molecule has 5 heteroatoms. The van der Waals surface area contributed by atoms with Crippen LogP contribution in [0.15, 0.2) is 6.33 Å². The molecule has 0 radical (unpaired) electrons. The van der Waals surface area contributed by atoms with Gasteiger partial charge in [0.2, 0.25) is 5.75 Å². The normalized spacial score (nSPS) is 24.4. The van der Waals surface area contributed by atoms with E-state index in [1.54, 1.807) is 7.11 Å². The number of nitrogens with two attached hydrogens (primary N) is 1. The van der Waals surface area contributed by atoms with Gasteiger partial charge in [0.15, 0.2) is 11.6 Å². The Bertz CT molecular complexity index is 342. The molecule has 0 saturated heterocycles. The van der Waals surface area contributed by atoms with Crippen molar-refractivity contribution in [2.75, 3.05) is 18.2 Å². The second-order valence-electron chi connectivity index (χ2n) is 3.60. The molecular formula is C9H14N4O. The minimum atomic E-state index is 0.373. The summed E-state index contributed by atoms with van der Waals surface area (Å²) in [6, 6.07) is 0.498. The second-order valence-corrected chi connectivity index (χ2v) is 3.60. The fraction of sp³-hybridized carbons (Fsp3) is 0.556. The Hall–Kier alpha value is -1.52. The Morgan fingerprint density at radius 2 is 2.29 bits per heavy atom. The summed E-state index contributed by atoms with van der Waals surface area (Å²) in [6.07, 6.45) is 2.61. The molecule has 3 N–H and O–H groups in total. The number of anilines is 2. The average Bonchev–Trinajstić information content (AvgIpc) is 2.82. The maximum atomic E-state index is 5.65. The standard InChI is InChI=1S/C9H14N4O/c1-5-3-6(5)13-9-7(14-2)8(10)11-4-12-9/h4-6H,3H2,1-2H3,(H3,10,11,12,13). The zero-order valence-electron chi connectivity index (χ0n) is 8.32. The van der Waals surface area contributed by atoms with Crippen LogP contribution in [0.1, 0.15) is 13.3 Å². The van der Waals surface area contributed by atoms with Crippen LogP contribution >= 0.6 is 0 Å². The summed E-state index contributed by atoms with van der Waals surface area (Å²) in [7, 11) is 1.57. The van der Waals surface area contributed by atoms with Gasteiger partial charge in [-0.05, 0) is 12.3 Å². The van der Waals surface area contributed by atoms with Gasteiger partial charge in [-0.15, -0.1) is 0 Å². The van der Waals surface area contributed by atoms with E-state index in [1.165, 1.54) is 12.7 Å². The van der Waals surface area contributed by atoms with Crippen LogP contribution in [0.3, 0.4) is 0 Å². The molecule has 1 saturated carbocycles. The minimum Gasteiger partial charge on any atom is -0.490 e. The van der Waals surface area contributed by atoms with E-state index in [0.29, 0.717) is 29.3 Å². The molecule has 1 aliphatic carbocycles. The van der Waals surface area contributed by atoms with Crippen molar-refractivity contribution in [3.8, 4) is 5.75 Å². The van der Waals surface area contributed by atoms with Crippen molar-refractivity contribution in [1.29, 1.82) is 0 Å². The minimum absolute atomic E-state index is 0.373. The molecule has 0 spiro atoms.